The molecule has 6 nitrogen and oxygen atoms in total. The van der Waals surface area contributed by atoms with Crippen molar-refractivity contribution >= 4 is 16.9 Å². The first-order valence-electron chi connectivity index (χ1n) is 9.78. The summed E-state index contributed by atoms with van der Waals surface area (Å²) < 4.78 is 10.4. The summed E-state index contributed by atoms with van der Waals surface area (Å²) in [5.41, 5.74) is 3.82. The van der Waals surface area contributed by atoms with Crippen LogP contribution in [0.25, 0.3) is 11.0 Å². The van der Waals surface area contributed by atoms with Crippen molar-refractivity contribution in [3.8, 4) is 5.75 Å². The molecule has 2 aromatic carbocycles. The molecule has 0 radical (unpaired) electrons. The summed E-state index contributed by atoms with van der Waals surface area (Å²) in [6.45, 7) is 3.10. The molecule has 0 aliphatic carbocycles. The summed E-state index contributed by atoms with van der Waals surface area (Å²) in [4.78, 5) is 25.7. The molecule has 150 valence electrons. The van der Waals surface area contributed by atoms with Gasteiger partial charge in [0.15, 0.2) is 6.04 Å². The van der Waals surface area contributed by atoms with Crippen molar-refractivity contribution in [1.82, 2.24) is 0 Å². The van der Waals surface area contributed by atoms with Gasteiger partial charge in [-0.1, -0.05) is 31.2 Å². The first-order valence-corrected chi connectivity index (χ1v) is 9.78. The first-order chi connectivity index (χ1) is 14.0. The number of fused-ring (bicyclic) bond motifs is 2. The van der Waals surface area contributed by atoms with E-state index in [-0.39, 0.29) is 17.8 Å². The molecule has 2 N–H and O–H groups in total. The lowest BCUT2D eigenvalue weighted by molar-refractivity contribution is -0.945. The van der Waals surface area contributed by atoms with E-state index in [1.807, 2.05) is 31.2 Å². The number of rotatable bonds is 4. The van der Waals surface area contributed by atoms with Gasteiger partial charge in [0.25, 0.3) is 0 Å². The van der Waals surface area contributed by atoms with Gasteiger partial charge in [-0.3, -0.25) is 0 Å². The van der Waals surface area contributed by atoms with Gasteiger partial charge in [-0.05, 0) is 23.6 Å². The van der Waals surface area contributed by atoms with Gasteiger partial charge in [-0.25, -0.2) is 9.59 Å². The van der Waals surface area contributed by atoms with E-state index in [1.54, 1.807) is 0 Å². The van der Waals surface area contributed by atoms with Crippen molar-refractivity contribution in [2.45, 2.75) is 38.9 Å². The minimum Gasteiger partial charge on any atom is -0.508 e. The number of ether oxygens (including phenoxy) is 1. The van der Waals surface area contributed by atoms with Gasteiger partial charge in [0.05, 0.1) is 7.11 Å². The second-order valence-electron chi connectivity index (χ2n) is 7.48. The molecule has 29 heavy (non-hydrogen) atoms. The Hall–Kier alpha value is -3.12. The predicted octanol–water partition coefficient (Wildman–Crippen LogP) is 1.74. The number of nitrogens with one attached hydrogen (secondary N) is 1. The van der Waals surface area contributed by atoms with Gasteiger partial charge >= 0.3 is 11.6 Å². The fourth-order valence-electron chi connectivity index (χ4n) is 4.22. The van der Waals surface area contributed by atoms with E-state index in [2.05, 4.69) is 6.07 Å². The number of carbonyl (C=O) groups excluding carboxylic acids is 1. The summed E-state index contributed by atoms with van der Waals surface area (Å²) in [7, 11) is 1.41. The van der Waals surface area contributed by atoms with Gasteiger partial charge in [-0.15, -0.1) is 0 Å². The molecule has 1 aromatic heterocycles. The number of benzene rings is 2. The Morgan fingerprint density at radius 1 is 1.21 bits per heavy atom. The van der Waals surface area contributed by atoms with E-state index in [1.165, 1.54) is 24.8 Å². The highest BCUT2D eigenvalue weighted by Gasteiger charge is 2.36. The number of quaternary nitrogens is 1. The van der Waals surface area contributed by atoms with Gasteiger partial charge in [0.1, 0.15) is 24.4 Å². The molecule has 2 heterocycles. The van der Waals surface area contributed by atoms with E-state index in [9.17, 15) is 14.7 Å². The van der Waals surface area contributed by atoms with Crippen molar-refractivity contribution in [2.24, 2.45) is 0 Å². The second kappa shape index (κ2) is 7.72. The molecular weight excluding hydrogens is 370 g/mol. The van der Waals surface area contributed by atoms with Crippen LogP contribution in [-0.4, -0.2) is 24.2 Å². The van der Waals surface area contributed by atoms with Gasteiger partial charge in [0.2, 0.25) is 0 Å². The van der Waals surface area contributed by atoms with Crippen LogP contribution in [0.1, 0.15) is 29.2 Å². The topological polar surface area (TPSA) is 81.2 Å². The first kappa shape index (κ1) is 19.2. The Morgan fingerprint density at radius 3 is 2.69 bits per heavy atom. The maximum absolute atomic E-state index is 12.5. The van der Waals surface area contributed by atoms with Gasteiger partial charge in [0, 0.05) is 35.1 Å². The molecule has 1 unspecified atom stereocenters. The van der Waals surface area contributed by atoms with E-state index in [0.29, 0.717) is 31.5 Å². The zero-order chi connectivity index (χ0) is 20.5. The number of aryl methyl sites for hydroxylation is 1. The van der Waals surface area contributed by atoms with Crippen LogP contribution in [0.2, 0.25) is 0 Å². The number of aromatic hydroxyl groups is 1. The van der Waals surface area contributed by atoms with E-state index < -0.39 is 5.63 Å². The molecule has 0 saturated carbocycles. The molecule has 0 saturated heterocycles. The van der Waals surface area contributed by atoms with Crippen molar-refractivity contribution < 1.29 is 24.0 Å². The number of esters is 1. The Bertz CT molecular complexity index is 1130. The quantitative estimate of drug-likeness (QED) is 0.521. The van der Waals surface area contributed by atoms with Crippen molar-refractivity contribution in [1.29, 1.82) is 0 Å². The normalized spacial score (nSPS) is 18.4. The van der Waals surface area contributed by atoms with Crippen molar-refractivity contribution in [3.63, 3.8) is 0 Å². The Kier molecular flexibility index (Phi) is 5.11. The largest absolute Gasteiger partial charge is 0.508 e. The second-order valence-corrected chi connectivity index (χ2v) is 7.48. The molecule has 6 heteroatoms. The number of phenols is 1. The van der Waals surface area contributed by atoms with Crippen LogP contribution < -0.4 is 10.5 Å². The Morgan fingerprint density at radius 2 is 1.97 bits per heavy atom. The van der Waals surface area contributed by atoms with Gasteiger partial charge in [-0.2, -0.15) is 0 Å². The number of hydrogen-bond acceptors (Lipinski definition) is 5. The standard InChI is InChI=1S/C23H23NO5/c1-3-14-8-18-17(10-22(26)29-21(18)11-20(14)25)13-24-12-16-7-5-4-6-15(16)9-19(24)23(27)28-2/h4-8,10-11,19,25H,3,9,12-13H2,1-2H3/p+1/t19-/m1/s1. The Balaban J connectivity index is 1.78. The molecule has 1 aliphatic rings. The van der Waals surface area contributed by atoms with Crippen molar-refractivity contribution in [2.75, 3.05) is 7.11 Å². The molecule has 0 spiro atoms. The Labute approximate surface area is 168 Å². The number of methoxy groups -OCH3 is 1. The van der Waals surface area contributed by atoms with Crippen LogP contribution in [0.5, 0.6) is 5.75 Å². The fourth-order valence-corrected chi connectivity index (χ4v) is 4.22. The average Bonchev–Trinajstić information content (AvgIpc) is 2.72. The minimum absolute atomic E-state index is 0.118. The summed E-state index contributed by atoms with van der Waals surface area (Å²) in [6, 6.07) is 12.6. The SMILES string of the molecule is CCc1cc2c(C[NH+]3Cc4ccccc4C[C@@H]3C(=O)OC)cc(=O)oc2cc1O. The third kappa shape index (κ3) is 3.63. The summed E-state index contributed by atoms with van der Waals surface area (Å²) in [6.07, 6.45) is 1.26. The van der Waals surface area contributed by atoms with Crippen LogP contribution in [0.15, 0.2) is 51.7 Å². The van der Waals surface area contributed by atoms with Crippen LogP contribution in [0.3, 0.4) is 0 Å². The predicted molar refractivity (Wildman–Crippen MR) is 108 cm³/mol. The molecule has 0 amide bonds. The monoisotopic (exact) mass is 394 g/mol. The fraction of sp³-hybridized carbons (Fsp3) is 0.304. The zero-order valence-electron chi connectivity index (χ0n) is 16.5. The summed E-state index contributed by atoms with van der Waals surface area (Å²) in [5, 5.41) is 10.9. The number of carbonyl (C=O) groups is 1. The van der Waals surface area contributed by atoms with E-state index >= 15 is 0 Å². The van der Waals surface area contributed by atoms with E-state index in [4.69, 9.17) is 9.15 Å². The lowest BCUT2D eigenvalue weighted by Gasteiger charge is -2.32. The summed E-state index contributed by atoms with van der Waals surface area (Å²) >= 11 is 0. The lowest BCUT2D eigenvalue weighted by Crippen LogP contribution is -3.15. The zero-order valence-corrected chi connectivity index (χ0v) is 16.5. The number of hydrogen-bond donors (Lipinski definition) is 2. The highest BCUT2D eigenvalue weighted by molar-refractivity contribution is 5.82. The average molecular weight is 394 g/mol. The molecule has 3 aromatic rings. The molecule has 1 aliphatic heterocycles. The molecule has 0 bridgehead atoms. The maximum atomic E-state index is 12.5. The highest BCUT2D eigenvalue weighted by Crippen LogP contribution is 2.27. The van der Waals surface area contributed by atoms with Crippen LogP contribution in [0, 0.1) is 0 Å². The maximum Gasteiger partial charge on any atom is 0.365 e. The summed E-state index contributed by atoms with van der Waals surface area (Å²) in [5.74, 6) is -0.138. The highest BCUT2D eigenvalue weighted by atomic mass is 16.5. The molecular formula is C23H24NO5+. The van der Waals surface area contributed by atoms with Crippen molar-refractivity contribution in [3.05, 3.63) is 75.1 Å². The minimum atomic E-state index is -0.470. The molecule has 0 fully saturated rings. The van der Waals surface area contributed by atoms with Crippen LogP contribution in [-0.2, 0) is 35.5 Å². The van der Waals surface area contributed by atoms with Crippen LogP contribution >= 0.6 is 0 Å². The third-order valence-electron chi connectivity index (χ3n) is 5.77. The number of phenolic OH excluding ortho intramolecular Hbond substituents is 1. The molecule has 4 rings (SSSR count). The van der Waals surface area contributed by atoms with Gasteiger partial charge < -0.3 is 19.2 Å². The smallest absolute Gasteiger partial charge is 0.365 e. The van der Waals surface area contributed by atoms with Crippen LogP contribution in [0.4, 0.5) is 0 Å². The van der Waals surface area contributed by atoms with E-state index in [0.717, 1.165) is 27.0 Å². The lowest BCUT2D eigenvalue weighted by atomic mass is 9.93. The third-order valence-corrected chi connectivity index (χ3v) is 5.77. The molecule has 2 atom stereocenters.